The van der Waals surface area contributed by atoms with Crippen molar-refractivity contribution in [3.63, 3.8) is 0 Å². The van der Waals surface area contributed by atoms with Gasteiger partial charge in [-0.25, -0.2) is 4.98 Å². The number of aryl methyl sites for hydroxylation is 1. The van der Waals surface area contributed by atoms with Crippen LogP contribution in [-0.4, -0.2) is 57.5 Å². The molecule has 0 atom stereocenters. The molecule has 1 aromatic heterocycles. The van der Waals surface area contributed by atoms with Crippen LogP contribution in [0.2, 0.25) is 5.02 Å². The van der Waals surface area contributed by atoms with Crippen LogP contribution < -0.4 is 0 Å². The Kier molecular flexibility index (Phi) is 6.44. The molecule has 0 spiro atoms. The molecule has 1 aliphatic carbocycles. The fourth-order valence-electron chi connectivity index (χ4n) is 5.65. The second-order valence-corrected chi connectivity index (χ2v) is 10.1. The maximum atomic E-state index is 13.2. The van der Waals surface area contributed by atoms with Crippen LogP contribution in [0.1, 0.15) is 60.3 Å². The normalized spacial score (nSPS) is 18.3. The van der Waals surface area contributed by atoms with Crippen LogP contribution in [0.3, 0.4) is 0 Å². The largest absolute Gasteiger partial charge is 0.339 e. The fourth-order valence-corrected chi connectivity index (χ4v) is 5.89. The summed E-state index contributed by atoms with van der Waals surface area (Å²) < 4.78 is 2.17. The SMILES string of the molecule is Cc1nc2ccccc2n1Cc1ccc(C(=O)N(C)C2CCN(C3CCCC3)CC2)cc1Cl. The molecule has 5 nitrogen and oxygen atoms in total. The van der Waals surface area contributed by atoms with Gasteiger partial charge in [0.05, 0.1) is 17.6 Å². The predicted molar refractivity (Wildman–Crippen MR) is 134 cm³/mol. The van der Waals surface area contributed by atoms with E-state index in [1.165, 1.54) is 25.7 Å². The van der Waals surface area contributed by atoms with Crippen molar-refractivity contribution in [3.8, 4) is 0 Å². The average Bonchev–Trinajstić information content (AvgIpc) is 3.48. The number of amides is 1. The lowest BCUT2D eigenvalue weighted by Crippen LogP contribution is -2.48. The Labute approximate surface area is 201 Å². The van der Waals surface area contributed by atoms with Crippen LogP contribution in [0.25, 0.3) is 11.0 Å². The average molecular weight is 465 g/mol. The molecule has 174 valence electrons. The number of hydrogen-bond donors (Lipinski definition) is 0. The van der Waals surface area contributed by atoms with Gasteiger partial charge in [0, 0.05) is 42.8 Å². The van der Waals surface area contributed by atoms with Crippen LogP contribution in [0.5, 0.6) is 0 Å². The van der Waals surface area contributed by atoms with E-state index in [0.29, 0.717) is 23.2 Å². The third kappa shape index (κ3) is 4.53. The molecule has 2 fully saturated rings. The second-order valence-electron chi connectivity index (χ2n) is 9.66. The minimum atomic E-state index is 0.0621. The number of rotatable bonds is 5. The number of imidazole rings is 1. The summed E-state index contributed by atoms with van der Waals surface area (Å²) in [4.78, 5) is 22.5. The lowest BCUT2D eigenvalue weighted by Gasteiger charge is -2.39. The third-order valence-electron chi connectivity index (χ3n) is 7.68. The smallest absolute Gasteiger partial charge is 0.253 e. The number of hydrogen-bond acceptors (Lipinski definition) is 3. The number of piperidine rings is 1. The molecule has 5 rings (SSSR count). The zero-order valence-electron chi connectivity index (χ0n) is 19.6. The minimum absolute atomic E-state index is 0.0621. The molecule has 1 amide bonds. The first-order chi connectivity index (χ1) is 16.0. The van der Waals surface area contributed by atoms with Gasteiger partial charge in [-0.1, -0.05) is 42.6 Å². The van der Waals surface area contributed by atoms with Crippen molar-refractivity contribution in [1.29, 1.82) is 0 Å². The lowest BCUT2D eigenvalue weighted by molar-refractivity contribution is 0.0598. The number of benzene rings is 2. The van der Waals surface area contributed by atoms with Gasteiger partial charge in [-0.2, -0.15) is 0 Å². The highest BCUT2D eigenvalue weighted by molar-refractivity contribution is 6.31. The monoisotopic (exact) mass is 464 g/mol. The minimum Gasteiger partial charge on any atom is -0.339 e. The van der Waals surface area contributed by atoms with E-state index < -0.39 is 0 Å². The number of aromatic nitrogens is 2. The molecule has 3 aromatic rings. The quantitative estimate of drug-likeness (QED) is 0.498. The van der Waals surface area contributed by atoms with Gasteiger partial charge in [0.2, 0.25) is 0 Å². The van der Waals surface area contributed by atoms with Crippen LogP contribution in [-0.2, 0) is 6.54 Å². The molecule has 2 heterocycles. The van der Waals surface area contributed by atoms with E-state index in [1.54, 1.807) is 0 Å². The van der Waals surface area contributed by atoms with E-state index in [1.807, 2.05) is 55.3 Å². The van der Waals surface area contributed by atoms with Crippen molar-refractivity contribution in [2.24, 2.45) is 0 Å². The molecule has 2 aromatic carbocycles. The highest BCUT2D eigenvalue weighted by atomic mass is 35.5. The van der Waals surface area contributed by atoms with Crippen molar-refractivity contribution in [2.75, 3.05) is 20.1 Å². The Morgan fingerprint density at radius 3 is 2.55 bits per heavy atom. The van der Waals surface area contributed by atoms with Gasteiger partial charge in [-0.3, -0.25) is 4.79 Å². The predicted octanol–water partition coefficient (Wildman–Crippen LogP) is 5.53. The van der Waals surface area contributed by atoms with Gasteiger partial charge in [-0.15, -0.1) is 0 Å². The second kappa shape index (κ2) is 9.47. The number of para-hydroxylation sites is 2. The van der Waals surface area contributed by atoms with Crippen molar-refractivity contribution in [3.05, 3.63) is 64.4 Å². The van der Waals surface area contributed by atoms with Crippen LogP contribution >= 0.6 is 11.6 Å². The number of nitrogens with zero attached hydrogens (tertiary/aromatic N) is 4. The fraction of sp³-hybridized carbons (Fsp3) is 0.481. The Morgan fingerprint density at radius 1 is 1.09 bits per heavy atom. The van der Waals surface area contributed by atoms with Gasteiger partial charge in [0.1, 0.15) is 5.82 Å². The van der Waals surface area contributed by atoms with Crippen molar-refractivity contribution >= 4 is 28.5 Å². The Bertz CT molecular complexity index is 1140. The topological polar surface area (TPSA) is 41.4 Å². The zero-order valence-corrected chi connectivity index (χ0v) is 20.4. The molecular formula is C27H33ClN4O. The van der Waals surface area contributed by atoms with E-state index in [9.17, 15) is 4.79 Å². The molecule has 0 unspecified atom stereocenters. The summed E-state index contributed by atoms with van der Waals surface area (Å²) >= 11 is 6.67. The van der Waals surface area contributed by atoms with Crippen LogP contribution in [0, 0.1) is 6.92 Å². The number of fused-ring (bicyclic) bond motifs is 1. The van der Waals surface area contributed by atoms with E-state index in [2.05, 4.69) is 20.5 Å². The van der Waals surface area contributed by atoms with E-state index >= 15 is 0 Å². The van der Waals surface area contributed by atoms with Crippen LogP contribution in [0.4, 0.5) is 0 Å². The molecule has 0 radical (unpaired) electrons. The highest BCUT2D eigenvalue weighted by Gasteiger charge is 2.30. The van der Waals surface area contributed by atoms with Crippen molar-refractivity contribution in [2.45, 2.75) is 64.1 Å². The first kappa shape index (κ1) is 22.4. The maximum Gasteiger partial charge on any atom is 0.253 e. The summed E-state index contributed by atoms with van der Waals surface area (Å²) in [5.74, 6) is 1.02. The first-order valence-corrected chi connectivity index (χ1v) is 12.6. The molecule has 0 bridgehead atoms. The summed E-state index contributed by atoms with van der Waals surface area (Å²) in [5, 5.41) is 0.627. The zero-order chi connectivity index (χ0) is 22.9. The first-order valence-electron chi connectivity index (χ1n) is 12.2. The van der Waals surface area contributed by atoms with Gasteiger partial charge in [0.15, 0.2) is 0 Å². The van der Waals surface area contributed by atoms with Gasteiger partial charge < -0.3 is 14.4 Å². The van der Waals surface area contributed by atoms with E-state index in [0.717, 1.165) is 54.4 Å². The molecule has 1 saturated heterocycles. The van der Waals surface area contributed by atoms with Crippen molar-refractivity contribution < 1.29 is 4.79 Å². The third-order valence-corrected chi connectivity index (χ3v) is 8.03. The molecule has 0 N–H and O–H groups in total. The standard InChI is InChI=1S/C27H33ClN4O/c1-19-29-25-9-5-6-10-26(25)32(19)18-21-12-11-20(17-24(21)28)27(33)30(2)22-13-15-31(16-14-22)23-7-3-4-8-23/h5-6,9-12,17,22-23H,3-4,7-8,13-16,18H2,1-2H3. The van der Waals surface area contributed by atoms with E-state index in [-0.39, 0.29) is 5.91 Å². The Balaban J connectivity index is 1.26. The summed E-state index contributed by atoms with van der Waals surface area (Å²) in [5.41, 5.74) is 3.73. The molecule has 1 saturated carbocycles. The molecule has 1 aliphatic heterocycles. The Morgan fingerprint density at radius 2 is 1.82 bits per heavy atom. The molecule has 33 heavy (non-hydrogen) atoms. The van der Waals surface area contributed by atoms with Gasteiger partial charge >= 0.3 is 0 Å². The maximum absolute atomic E-state index is 13.2. The van der Waals surface area contributed by atoms with Gasteiger partial charge in [0.25, 0.3) is 5.91 Å². The summed E-state index contributed by atoms with van der Waals surface area (Å²) in [6, 6.07) is 14.9. The molecular weight excluding hydrogens is 432 g/mol. The summed E-state index contributed by atoms with van der Waals surface area (Å²) in [6.45, 7) is 4.85. The van der Waals surface area contributed by atoms with Crippen molar-refractivity contribution in [1.82, 2.24) is 19.4 Å². The molecule has 6 heteroatoms. The number of halogens is 1. The summed E-state index contributed by atoms with van der Waals surface area (Å²) in [6.07, 6.45) is 7.54. The van der Waals surface area contributed by atoms with Crippen LogP contribution in [0.15, 0.2) is 42.5 Å². The summed E-state index contributed by atoms with van der Waals surface area (Å²) in [7, 11) is 1.95. The number of carbonyl (C=O) groups is 1. The highest BCUT2D eigenvalue weighted by Crippen LogP contribution is 2.28. The Hall–Kier alpha value is -2.37. The van der Waals surface area contributed by atoms with Gasteiger partial charge in [-0.05, 0) is 62.4 Å². The number of carbonyl (C=O) groups excluding carboxylic acids is 1. The molecule has 2 aliphatic rings. The lowest BCUT2D eigenvalue weighted by atomic mass is 10.00. The number of likely N-dealkylation sites (tertiary alicyclic amines) is 1. The van der Waals surface area contributed by atoms with E-state index in [4.69, 9.17) is 11.6 Å².